The van der Waals surface area contributed by atoms with Crippen LogP contribution in [0.4, 0.5) is 0 Å². The lowest BCUT2D eigenvalue weighted by molar-refractivity contribution is -0.150. The number of carbonyl (C=O) groups is 1. The molecule has 3 rings (SSSR count). The van der Waals surface area contributed by atoms with Gasteiger partial charge in [-0.25, -0.2) is 0 Å². The number of hydrogen-bond acceptors (Lipinski definition) is 4. The van der Waals surface area contributed by atoms with E-state index in [1.54, 1.807) is 6.20 Å². The maximum absolute atomic E-state index is 13.1. The van der Waals surface area contributed by atoms with E-state index in [0.29, 0.717) is 13.2 Å². The summed E-state index contributed by atoms with van der Waals surface area (Å²) in [6.45, 7) is 3.31. The topological polar surface area (TPSA) is 54.5 Å². The Morgan fingerprint density at radius 2 is 2.12 bits per heavy atom. The van der Waals surface area contributed by atoms with Gasteiger partial charge < -0.3 is 15.0 Å². The van der Waals surface area contributed by atoms with Crippen LogP contribution >= 0.6 is 12.4 Å². The summed E-state index contributed by atoms with van der Waals surface area (Å²) in [5.41, 5.74) is 0.953. The van der Waals surface area contributed by atoms with Crippen molar-refractivity contribution in [1.82, 2.24) is 15.2 Å². The zero-order valence-corrected chi connectivity index (χ0v) is 15.0. The summed E-state index contributed by atoms with van der Waals surface area (Å²) in [6.07, 6.45) is 7.71. The van der Waals surface area contributed by atoms with Gasteiger partial charge in [0.25, 0.3) is 5.91 Å². The Morgan fingerprint density at radius 3 is 2.88 bits per heavy atom. The molecule has 2 fully saturated rings. The van der Waals surface area contributed by atoms with Crippen LogP contribution in [0.25, 0.3) is 0 Å². The van der Waals surface area contributed by atoms with E-state index in [9.17, 15) is 4.79 Å². The monoisotopic (exact) mass is 353 g/mol. The maximum atomic E-state index is 13.1. The van der Waals surface area contributed by atoms with E-state index in [-0.39, 0.29) is 30.5 Å². The zero-order chi connectivity index (χ0) is 15.9. The first-order chi connectivity index (χ1) is 11.3. The highest BCUT2D eigenvalue weighted by Gasteiger charge is 2.31. The van der Waals surface area contributed by atoms with Gasteiger partial charge in [-0.2, -0.15) is 0 Å². The molecule has 0 aromatic carbocycles. The molecular formula is C18H28ClN3O2. The highest BCUT2D eigenvalue weighted by molar-refractivity contribution is 5.85. The number of nitrogens with one attached hydrogen (secondary N) is 1. The third-order valence-corrected chi connectivity index (χ3v) is 4.78. The van der Waals surface area contributed by atoms with Gasteiger partial charge in [0, 0.05) is 18.8 Å². The molecule has 2 aliphatic heterocycles. The van der Waals surface area contributed by atoms with Gasteiger partial charge in [0.2, 0.25) is 0 Å². The van der Waals surface area contributed by atoms with E-state index >= 15 is 0 Å². The molecule has 1 N–H and O–H groups in total. The normalized spacial score (nSPS) is 24.5. The summed E-state index contributed by atoms with van der Waals surface area (Å²) in [7, 11) is 0. The summed E-state index contributed by atoms with van der Waals surface area (Å²) >= 11 is 0. The summed E-state index contributed by atoms with van der Waals surface area (Å²) in [6, 6.07) is 6.17. The first-order valence-corrected chi connectivity index (χ1v) is 8.87. The van der Waals surface area contributed by atoms with Gasteiger partial charge in [0.05, 0.1) is 12.2 Å². The number of amides is 1. The molecule has 0 spiro atoms. The number of carbonyl (C=O) groups excluding carboxylic acids is 1. The van der Waals surface area contributed by atoms with E-state index in [1.165, 1.54) is 0 Å². The molecule has 6 heteroatoms. The van der Waals surface area contributed by atoms with Gasteiger partial charge in [-0.3, -0.25) is 9.78 Å². The molecule has 5 nitrogen and oxygen atoms in total. The van der Waals surface area contributed by atoms with E-state index in [0.717, 1.165) is 57.3 Å². The molecule has 2 atom stereocenters. The number of hydrogen-bond donors (Lipinski definition) is 1. The SMILES string of the molecule is Cl.O=C(C1CCCCO1)N(Cc1ccccn1)C1CCCNCC1. The van der Waals surface area contributed by atoms with Crippen molar-refractivity contribution < 1.29 is 9.53 Å². The van der Waals surface area contributed by atoms with Crippen LogP contribution in [0.5, 0.6) is 0 Å². The number of halogens is 1. The second-order valence-electron chi connectivity index (χ2n) is 6.48. The van der Waals surface area contributed by atoms with Crippen LogP contribution in [0.2, 0.25) is 0 Å². The van der Waals surface area contributed by atoms with Gasteiger partial charge in [0.1, 0.15) is 6.10 Å². The largest absolute Gasteiger partial charge is 0.368 e. The smallest absolute Gasteiger partial charge is 0.252 e. The second-order valence-corrected chi connectivity index (χ2v) is 6.48. The molecule has 0 saturated carbocycles. The summed E-state index contributed by atoms with van der Waals surface area (Å²) in [4.78, 5) is 19.5. The van der Waals surface area contributed by atoms with Crippen molar-refractivity contribution in [2.45, 2.75) is 57.2 Å². The minimum absolute atomic E-state index is 0. The lowest BCUT2D eigenvalue weighted by Gasteiger charge is -2.35. The fourth-order valence-corrected chi connectivity index (χ4v) is 3.49. The van der Waals surface area contributed by atoms with Crippen molar-refractivity contribution in [2.75, 3.05) is 19.7 Å². The van der Waals surface area contributed by atoms with Crippen molar-refractivity contribution >= 4 is 18.3 Å². The Kier molecular flexibility index (Phi) is 7.95. The fourth-order valence-electron chi connectivity index (χ4n) is 3.49. The van der Waals surface area contributed by atoms with E-state index in [4.69, 9.17) is 4.74 Å². The van der Waals surface area contributed by atoms with E-state index < -0.39 is 0 Å². The fraction of sp³-hybridized carbons (Fsp3) is 0.667. The molecule has 1 aromatic heterocycles. The molecule has 24 heavy (non-hydrogen) atoms. The molecule has 3 heterocycles. The zero-order valence-electron chi connectivity index (χ0n) is 14.2. The van der Waals surface area contributed by atoms with Gasteiger partial charge in [-0.1, -0.05) is 6.07 Å². The standard InChI is InChI=1S/C18H27N3O2.ClH/c22-18(17-8-2-4-13-23-17)21(14-15-6-1-3-11-20-15)16-7-5-10-19-12-9-16;/h1,3,6,11,16-17,19H,2,4-5,7-10,12-14H2;1H. The van der Waals surface area contributed by atoms with Crippen molar-refractivity contribution in [1.29, 1.82) is 0 Å². The van der Waals surface area contributed by atoms with E-state index in [2.05, 4.69) is 10.3 Å². The average Bonchev–Trinajstić information content (AvgIpc) is 2.90. The molecule has 0 bridgehead atoms. The Labute approximate surface area is 150 Å². The highest BCUT2D eigenvalue weighted by Crippen LogP contribution is 2.22. The lowest BCUT2D eigenvalue weighted by atomic mass is 10.0. The number of rotatable bonds is 4. The quantitative estimate of drug-likeness (QED) is 0.903. The molecule has 0 aliphatic carbocycles. The molecular weight excluding hydrogens is 326 g/mol. The third kappa shape index (κ3) is 5.16. The van der Waals surface area contributed by atoms with Crippen LogP contribution in [0.1, 0.15) is 44.2 Å². The van der Waals surface area contributed by atoms with Crippen LogP contribution in [0, 0.1) is 0 Å². The van der Waals surface area contributed by atoms with Gasteiger partial charge >= 0.3 is 0 Å². The van der Waals surface area contributed by atoms with Gasteiger partial charge in [0.15, 0.2) is 0 Å². The van der Waals surface area contributed by atoms with Crippen LogP contribution < -0.4 is 5.32 Å². The van der Waals surface area contributed by atoms with Crippen LogP contribution in [0.3, 0.4) is 0 Å². The number of aromatic nitrogens is 1. The van der Waals surface area contributed by atoms with Crippen molar-refractivity contribution in [2.24, 2.45) is 0 Å². The summed E-state index contributed by atoms with van der Waals surface area (Å²) in [5.74, 6) is 0.155. The van der Waals surface area contributed by atoms with Crippen molar-refractivity contribution in [3.63, 3.8) is 0 Å². The Balaban J connectivity index is 0.00000208. The van der Waals surface area contributed by atoms with Gasteiger partial charge in [-0.15, -0.1) is 12.4 Å². The molecule has 1 amide bonds. The first-order valence-electron chi connectivity index (χ1n) is 8.87. The first kappa shape index (κ1) is 19.2. The number of pyridine rings is 1. The van der Waals surface area contributed by atoms with Gasteiger partial charge in [-0.05, 0) is 63.7 Å². The summed E-state index contributed by atoms with van der Waals surface area (Å²) in [5, 5.41) is 3.43. The van der Waals surface area contributed by atoms with Crippen LogP contribution in [-0.4, -0.2) is 47.6 Å². The highest BCUT2D eigenvalue weighted by atomic mass is 35.5. The Morgan fingerprint density at radius 1 is 1.21 bits per heavy atom. The van der Waals surface area contributed by atoms with Crippen LogP contribution in [0.15, 0.2) is 24.4 Å². The Bertz CT molecular complexity index is 486. The molecule has 0 radical (unpaired) electrons. The predicted molar refractivity (Wildman–Crippen MR) is 96.1 cm³/mol. The van der Waals surface area contributed by atoms with Crippen molar-refractivity contribution in [3.8, 4) is 0 Å². The maximum Gasteiger partial charge on any atom is 0.252 e. The average molecular weight is 354 g/mol. The Hall–Kier alpha value is -1.17. The number of ether oxygens (including phenoxy) is 1. The molecule has 2 saturated heterocycles. The molecule has 2 unspecified atom stereocenters. The molecule has 134 valence electrons. The minimum Gasteiger partial charge on any atom is -0.368 e. The van der Waals surface area contributed by atoms with Crippen LogP contribution in [-0.2, 0) is 16.1 Å². The van der Waals surface area contributed by atoms with E-state index in [1.807, 2.05) is 23.1 Å². The third-order valence-electron chi connectivity index (χ3n) is 4.78. The summed E-state index contributed by atoms with van der Waals surface area (Å²) < 4.78 is 5.75. The number of nitrogens with zero attached hydrogens (tertiary/aromatic N) is 2. The second kappa shape index (κ2) is 9.97. The predicted octanol–water partition coefficient (Wildman–Crippen LogP) is 2.54. The molecule has 1 aromatic rings. The lowest BCUT2D eigenvalue weighted by Crippen LogP contribution is -2.47. The minimum atomic E-state index is -0.260. The van der Waals surface area contributed by atoms with Crippen molar-refractivity contribution in [3.05, 3.63) is 30.1 Å². The molecule has 2 aliphatic rings.